The van der Waals surface area contributed by atoms with E-state index < -0.39 is 34.2 Å². The molecular weight excluding hydrogens is 512 g/mol. The Bertz CT molecular complexity index is 1210. The first-order chi connectivity index (χ1) is 17.1. The highest BCUT2D eigenvalue weighted by atomic mass is 35.5. The molecule has 2 rings (SSSR count). The maximum atomic E-state index is 13.9. The molecule has 204 valence electrons. The molecule has 37 heavy (non-hydrogen) atoms. The lowest BCUT2D eigenvalue weighted by Gasteiger charge is -2.35. The van der Waals surface area contributed by atoms with Crippen LogP contribution in [0.15, 0.2) is 42.5 Å². The summed E-state index contributed by atoms with van der Waals surface area (Å²) in [5, 5.41) is 3.51. The van der Waals surface area contributed by atoms with Crippen LogP contribution in [0.4, 0.5) is 5.69 Å². The Morgan fingerprint density at radius 1 is 1.03 bits per heavy atom. The zero-order chi connectivity index (χ0) is 28.1. The lowest BCUT2D eigenvalue weighted by Crippen LogP contribution is -2.55. The van der Waals surface area contributed by atoms with Crippen LogP contribution in [-0.2, 0) is 26.3 Å². The fraction of sp³-hybridized carbons (Fsp3) is 0.481. The number of amides is 2. The predicted octanol–water partition coefficient (Wildman–Crippen LogP) is 4.29. The highest BCUT2D eigenvalue weighted by Crippen LogP contribution is 2.26. The van der Waals surface area contributed by atoms with Gasteiger partial charge in [0.15, 0.2) is 0 Å². The molecule has 0 heterocycles. The third kappa shape index (κ3) is 8.18. The molecule has 0 unspecified atom stereocenters. The average molecular weight is 551 g/mol. The number of anilines is 1. The number of rotatable bonds is 10. The summed E-state index contributed by atoms with van der Waals surface area (Å²) in [4.78, 5) is 28.7. The fourth-order valence-corrected chi connectivity index (χ4v) is 5.09. The maximum absolute atomic E-state index is 13.9. The molecule has 0 fully saturated rings. The number of carbonyl (C=O) groups is 2. The summed E-state index contributed by atoms with van der Waals surface area (Å²) in [5.74, 6) is -0.789. The molecule has 2 aromatic carbocycles. The van der Waals surface area contributed by atoms with Crippen LogP contribution in [0.25, 0.3) is 0 Å². The summed E-state index contributed by atoms with van der Waals surface area (Å²) in [7, 11) is -1.17. The van der Waals surface area contributed by atoms with Crippen molar-refractivity contribution < 1.29 is 18.0 Å². The summed E-state index contributed by atoms with van der Waals surface area (Å²) < 4.78 is 29.0. The number of halogens is 1. The summed E-state index contributed by atoms with van der Waals surface area (Å²) in [6, 6.07) is 11.7. The predicted molar refractivity (Wildman–Crippen MR) is 150 cm³/mol. The average Bonchev–Trinajstić information content (AvgIpc) is 2.78. The quantitative estimate of drug-likeness (QED) is 0.478. The van der Waals surface area contributed by atoms with Gasteiger partial charge < -0.3 is 10.2 Å². The molecule has 2 amide bonds. The molecule has 0 aromatic heterocycles. The van der Waals surface area contributed by atoms with Gasteiger partial charge in [-0.05, 0) is 75.9 Å². The van der Waals surface area contributed by atoms with Gasteiger partial charge >= 0.3 is 10.2 Å². The molecule has 1 N–H and O–H groups in total. The number of nitrogens with one attached hydrogen (secondary N) is 1. The van der Waals surface area contributed by atoms with Gasteiger partial charge in [0.05, 0.1) is 5.69 Å². The minimum atomic E-state index is -4.02. The van der Waals surface area contributed by atoms with E-state index in [-0.39, 0.29) is 12.5 Å². The maximum Gasteiger partial charge on any atom is 0.304 e. The fourth-order valence-electron chi connectivity index (χ4n) is 3.85. The molecule has 10 heteroatoms. The van der Waals surface area contributed by atoms with Gasteiger partial charge in [0.25, 0.3) is 0 Å². The number of aryl methyl sites for hydroxylation is 2. The van der Waals surface area contributed by atoms with Crippen molar-refractivity contribution in [2.75, 3.05) is 24.9 Å². The van der Waals surface area contributed by atoms with E-state index in [1.165, 1.54) is 19.0 Å². The zero-order valence-electron chi connectivity index (χ0n) is 23.0. The molecule has 0 saturated carbocycles. The molecule has 0 aliphatic rings. The zero-order valence-corrected chi connectivity index (χ0v) is 24.6. The van der Waals surface area contributed by atoms with Crippen molar-refractivity contribution >= 4 is 39.3 Å². The van der Waals surface area contributed by atoms with Crippen LogP contribution in [0.2, 0.25) is 5.02 Å². The minimum Gasteiger partial charge on any atom is -0.350 e. The Labute approximate surface area is 226 Å². The van der Waals surface area contributed by atoms with E-state index >= 15 is 0 Å². The van der Waals surface area contributed by atoms with Gasteiger partial charge in [0.2, 0.25) is 11.8 Å². The van der Waals surface area contributed by atoms with Crippen molar-refractivity contribution in [1.82, 2.24) is 14.5 Å². The van der Waals surface area contributed by atoms with E-state index in [0.717, 1.165) is 19.7 Å². The van der Waals surface area contributed by atoms with Crippen LogP contribution in [0.1, 0.15) is 50.8 Å². The Morgan fingerprint density at radius 2 is 1.62 bits per heavy atom. The van der Waals surface area contributed by atoms with E-state index in [9.17, 15) is 18.0 Å². The van der Waals surface area contributed by atoms with E-state index in [2.05, 4.69) is 5.32 Å². The van der Waals surface area contributed by atoms with Crippen molar-refractivity contribution in [2.45, 2.75) is 66.1 Å². The van der Waals surface area contributed by atoms with Crippen molar-refractivity contribution in [3.05, 3.63) is 64.2 Å². The third-order valence-electron chi connectivity index (χ3n) is 5.80. The molecule has 0 aliphatic carbocycles. The molecule has 1 atom stereocenters. The van der Waals surface area contributed by atoms with Crippen LogP contribution in [0.3, 0.4) is 0 Å². The molecule has 0 bridgehead atoms. The van der Waals surface area contributed by atoms with E-state index in [0.29, 0.717) is 22.7 Å². The topological polar surface area (TPSA) is 90.0 Å². The Kier molecular flexibility index (Phi) is 10.2. The van der Waals surface area contributed by atoms with Crippen molar-refractivity contribution in [2.24, 2.45) is 0 Å². The van der Waals surface area contributed by atoms with Crippen molar-refractivity contribution in [3.8, 4) is 0 Å². The first kappa shape index (κ1) is 30.6. The smallest absolute Gasteiger partial charge is 0.304 e. The van der Waals surface area contributed by atoms with E-state index in [4.69, 9.17) is 11.6 Å². The lowest BCUT2D eigenvalue weighted by molar-refractivity contribution is -0.141. The standard InChI is InChI=1S/C27H39ClN4O4S/c1-9-23(26(34)29-27(4,5)6)31(17-21-12-14-22(28)15-13-21)25(33)18-32(37(35,36)30(7)8)24-16-19(2)10-11-20(24)3/h10-16,23H,9,17-18H2,1-8H3,(H,29,34)/t23-/m1/s1. The van der Waals surface area contributed by atoms with Gasteiger partial charge in [-0.1, -0.05) is 42.8 Å². The molecule has 0 aliphatic heterocycles. The normalized spacial score (nSPS) is 12.8. The number of hydrogen-bond donors (Lipinski definition) is 1. The second-order valence-corrected chi connectivity index (χ2v) is 12.9. The number of hydrogen-bond acceptors (Lipinski definition) is 4. The highest BCUT2D eigenvalue weighted by molar-refractivity contribution is 7.90. The largest absolute Gasteiger partial charge is 0.350 e. The van der Waals surface area contributed by atoms with E-state index in [1.54, 1.807) is 37.3 Å². The van der Waals surface area contributed by atoms with Crippen LogP contribution in [-0.4, -0.2) is 61.7 Å². The monoisotopic (exact) mass is 550 g/mol. The lowest BCUT2D eigenvalue weighted by atomic mass is 10.1. The van der Waals surface area contributed by atoms with Gasteiger partial charge in [-0.3, -0.25) is 9.59 Å². The first-order valence-electron chi connectivity index (χ1n) is 12.2. The van der Waals surface area contributed by atoms with Crippen LogP contribution in [0, 0.1) is 13.8 Å². The van der Waals surface area contributed by atoms with Crippen LogP contribution < -0.4 is 9.62 Å². The summed E-state index contributed by atoms with van der Waals surface area (Å²) in [5.41, 5.74) is 2.26. The summed E-state index contributed by atoms with van der Waals surface area (Å²) >= 11 is 6.05. The second-order valence-electron chi connectivity index (χ2n) is 10.4. The van der Waals surface area contributed by atoms with Gasteiger partial charge in [-0.2, -0.15) is 12.7 Å². The molecule has 0 saturated heterocycles. The Balaban J connectivity index is 2.57. The number of carbonyl (C=O) groups excluding carboxylic acids is 2. The molecule has 0 radical (unpaired) electrons. The number of nitrogens with zero attached hydrogens (tertiary/aromatic N) is 3. The Morgan fingerprint density at radius 3 is 2.14 bits per heavy atom. The molecular formula is C27H39ClN4O4S. The minimum absolute atomic E-state index is 0.120. The first-order valence-corrected chi connectivity index (χ1v) is 14.0. The summed E-state index contributed by atoms with van der Waals surface area (Å²) in [6.45, 7) is 10.8. The van der Waals surface area contributed by atoms with Crippen LogP contribution >= 0.6 is 11.6 Å². The SMILES string of the molecule is CC[C@H](C(=O)NC(C)(C)C)N(Cc1ccc(Cl)cc1)C(=O)CN(c1cc(C)ccc1C)S(=O)(=O)N(C)C. The van der Waals surface area contributed by atoms with Crippen LogP contribution in [0.5, 0.6) is 0 Å². The van der Waals surface area contributed by atoms with Gasteiger partial charge in [0, 0.05) is 31.2 Å². The molecule has 8 nitrogen and oxygen atoms in total. The Hall–Kier alpha value is -2.62. The second kappa shape index (κ2) is 12.3. The molecule has 2 aromatic rings. The molecule has 0 spiro atoms. The third-order valence-corrected chi connectivity index (χ3v) is 7.86. The van der Waals surface area contributed by atoms with Gasteiger partial charge in [-0.15, -0.1) is 0 Å². The van der Waals surface area contributed by atoms with Crippen molar-refractivity contribution in [1.29, 1.82) is 0 Å². The van der Waals surface area contributed by atoms with E-state index in [1.807, 2.05) is 46.8 Å². The summed E-state index contributed by atoms with van der Waals surface area (Å²) in [6.07, 6.45) is 0.352. The van der Waals surface area contributed by atoms with Crippen molar-refractivity contribution in [3.63, 3.8) is 0 Å². The van der Waals surface area contributed by atoms with Gasteiger partial charge in [-0.25, -0.2) is 4.31 Å². The van der Waals surface area contributed by atoms with Gasteiger partial charge in [0.1, 0.15) is 12.6 Å². The number of benzene rings is 2. The highest BCUT2D eigenvalue weighted by Gasteiger charge is 2.35.